The fraction of sp³-hybridized carbons (Fsp3) is 0.0500. The molecule has 0 saturated heterocycles. The van der Waals surface area contributed by atoms with Crippen molar-refractivity contribution in [1.82, 2.24) is 0 Å². The van der Waals surface area contributed by atoms with Crippen LogP contribution in [0.25, 0.3) is 0 Å². The monoisotopic (exact) mass is 347 g/mol. The number of nitrogens with one attached hydrogen (secondary N) is 1. The Hall–Kier alpha value is -3.67. The third kappa shape index (κ3) is 2.48. The normalized spacial score (nSPS) is 13.8. The van der Waals surface area contributed by atoms with Crippen LogP contribution in [0.15, 0.2) is 60.7 Å². The van der Waals surface area contributed by atoms with Crippen LogP contribution in [0.1, 0.15) is 10.4 Å². The van der Waals surface area contributed by atoms with Crippen LogP contribution in [0.2, 0.25) is 0 Å². The Morgan fingerprint density at radius 3 is 2.50 bits per heavy atom. The number of rotatable bonds is 2. The molecule has 2 aliphatic heterocycles. The number of ether oxygens (including phenoxy) is 4. The van der Waals surface area contributed by atoms with Crippen LogP contribution in [0.4, 0.5) is 5.69 Å². The molecule has 1 N–H and O–H groups in total. The lowest BCUT2D eigenvalue weighted by atomic mass is 10.2. The molecule has 6 nitrogen and oxygen atoms in total. The van der Waals surface area contributed by atoms with E-state index in [2.05, 4.69) is 5.32 Å². The highest BCUT2D eigenvalue weighted by Gasteiger charge is 2.21. The first-order valence-corrected chi connectivity index (χ1v) is 8.06. The van der Waals surface area contributed by atoms with Gasteiger partial charge in [0.1, 0.15) is 17.2 Å². The molecular weight excluding hydrogens is 334 g/mol. The van der Waals surface area contributed by atoms with E-state index in [9.17, 15) is 4.79 Å². The molecular formula is C20H13NO5. The van der Waals surface area contributed by atoms with Gasteiger partial charge in [0.05, 0.1) is 11.3 Å². The summed E-state index contributed by atoms with van der Waals surface area (Å²) in [5.74, 6) is 3.28. The maximum atomic E-state index is 12.4. The number of fused-ring (bicyclic) bond motifs is 3. The number of benzene rings is 3. The molecule has 0 aromatic heterocycles. The lowest BCUT2D eigenvalue weighted by molar-refractivity contribution is 0.102. The molecule has 0 aliphatic carbocycles. The molecule has 6 heteroatoms. The van der Waals surface area contributed by atoms with Crippen LogP contribution in [0.3, 0.4) is 0 Å². The Morgan fingerprint density at radius 1 is 0.808 bits per heavy atom. The smallest absolute Gasteiger partial charge is 0.259 e. The topological polar surface area (TPSA) is 66.0 Å². The summed E-state index contributed by atoms with van der Waals surface area (Å²) in [4.78, 5) is 12.4. The van der Waals surface area contributed by atoms with E-state index in [0.29, 0.717) is 45.7 Å². The van der Waals surface area contributed by atoms with E-state index in [1.807, 2.05) is 12.1 Å². The average Bonchev–Trinajstić information content (AvgIpc) is 3.06. The summed E-state index contributed by atoms with van der Waals surface area (Å²) in [7, 11) is 0. The summed E-state index contributed by atoms with van der Waals surface area (Å²) >= 11 is 0. The summed E-state index contributed by atoms with van der Waals surface area (Å²) in [6, 6.07) is 17.7. The molecule has 0 bridgehead atoms. The van der Waals surface area contributed by atoms with Crippen molar-refractivity contribution < 1.29 is 23.7 Å². The molecule has 3 aromatic rings. The highest BCUT2D eigenvalue weighted by Crippen LogP contribution is 2.40. The maximum absolute atomic E-state index is 12.4. The van der Waals surface area contributed by atoms with Crippen molar-refractivity contribution in [2.45, 2.75) is 0 Å². The fourth-order valence-electron chi connectivity index (χ4n) is 2.88. The first-order valence-electron chi connectivity index (χ1n) is 8.06. The molecule has 0 fully saturated rings. The first-order chi connectivity index (χ1) is 12.8. The van der Waals surface area contributed by atoms with Gasteiger partial charge in [0.15, 0.2) is 17.2 Å². The Balaban J connectivity index is 1.48. The summed E-state index contributed by atoms with van der Waals surface area (Å²) in [5.41, 5.74) is 1.08. The Labute approximate surface area is 148 Å². The maximum Gasteiger partial charge on any atom is 0.259 e. The van der Waals surface area contributed by atoms with E-state index < -0.39 is 0 Å². The molecule has 0 unspecified atom stereocenters. The minimum Gasteiger partial charge on any atom is -0.457 e. The third-order valence-corrected chi connectivity index (χ3v) is 4.13. The standard InChI is InChI=1S/C20H13NO5/c22-20-14-7-5-12(25-13-6-8-17-19(10-13)24-11-23-17)9-18(14)26-16-4-2-1-3-15(16)21-20/h1-10H,11H2,(H,21,22). The molecule has 0 spiro atoms. The van der Waals surface area contributed by atoms with E-state index in [1.165, 1.54) is 0 Å². The molecule has 5 rings (SSSR count). The SMILES string of the molecule is O=C1Nc2ccccc2Oc2cc(Oc3ccc4c(c3)OCO4)ccc21. The second-order valence-corrected chi connectivity index (χ2v) is 5.83. The van der Waals surface area contributed by atoms with Crippen molar-refractivity contribution in [1.29, 1.82) is 0 Å². The number of hydrogen-bond acceptors (Lipinski definition) is 5. The lowest BCUT2D eigenvalue weighted by Gasteiger charge is -2.10. The van der Waals surface area contributed by atoms with E-state index in [4.69, 9.17) is 18.9 Å². The molecule has 0 radical (unpaired) electrons. The second kappa shape index (κ2) is 5.70. The lowest BCUT2D eigenvalue weighted by Crippen LogP contribution is -2.10. The quantitative estimate of drug-likeness (QED) is 0.736. The zero-order chi connectivity index (χ0) is 17.5. The van der Waals surface area contributed by atoms with E-state index >= 15 is 0 Å². The van der Waals surface area contributed by atoms with Gasteiger partial charge in [-0.25, -0.2) is 0 Å². The van der Waals surface area contributed by atoms with Crippen molar-refractivity contribution in [2.75, 3.05) is 12.1 Å². The minimum absolute atomic E-state index is 0.208. The van der Waals surface area contributed by atoms with Crippen molar-refractivity contribution in [2.24, 2.45) is 0 Å². The predicted molar refractivity (Wildman–Crippen MR) is 93.6 cm³/mol. The first kappa shape index (κ1) is 14.7. The molecule has 1 amide bonds. The van der Waals surface area contributed by atoms with E-state index in [1.54, 1.807) is 48.5 Å². The van der Waals surface area contributed by atoms with Gasteiger partial charge >= 0.3 is 0 Å². The van der Waals surface area contributed by atoms with Crippen LogP contribution in [0, 0.1) is 0 Å². The Morgan fingerprint density at radius 2 is 1.58 bits per heavy atom. The van der Waals surface area contributed by atoms with Gasteiger partial charge in [0.25, 0.3) is 5.91 Å². The Bertz CT molecular complexity index is 1030. The van der Waals surface area contributed by atoms with Crippen LogP contribution < -0.4 is 24.3 Å². The van der Waals surface area contributed by atoms with Crippen LogP contribution in [0.5, 0.6) is 34.5 Å². The molecule has 2 aliphatic rings. The fourth-order valence-corrected chi connectivity index (χ4v) is 2.88. The van der Waals surface area contributed by atoms with Gasteiger partial charge in [-0.05, 0) is 36.4 Å². The van der Waals surface area contributed by atoms with Crippen LogP contribution in [-0.4, -0.2) is 12.7 Å². The third-order valence-electron chi connectivity index (χ3n) is 4.13. The van der Waals surface area contributed by atoms with Crippen molar-refractivity contribution in [3.8, 4) is 34.5 Å². The number of carbonyl (C=O) groups excluding carboxylic acids is 1. The molecule has 2 heterocycles. The van der Waals surface area contributed by atoms with Crippen molar-refractivity contribution in [3.05, 3.63) is 66.2 Å². The predicted octanol–water partition coefficient (Wildman–Crippen LogP) is 4.57. The molecule has 0 atom stereocenters. The van der Waals surface area contributed by atoms with Gasteiger partial charge in [-0.3, -0.25) is 4.79 Å². The largest absolute Gasteiger partial charge is 0.457 e. The number of anilines is 1. The van der Waals surface area contributed by atoms with Crippen molar-refractivity contribution in [3.63, 3.8) is 0 Å². The summed E-state index contributed by atoms with van der Waals surface area (Å²) < 4.78 is 22.5. The highest BCUT2D eigenvalue weighted by molar-refractivity contribution is 6.08. The summed E-state index contributed by atoms with van der Waals surface area (Å²) in [6.07, 6.45) is 0. The summed E-state index contributed by atoms with van der Waals surface area (Å²) in [6.45, 7) is 0.208. The van der Waals surface area contributed by atoms with Gasteiger partial charge in [0.2, 0.25) is 6.79 Å². The van der Waals surface area contributed by atoms with E-state index in [-0.39, 0.29) is 12.7 Å². The average molecular weight is 347 g/mol. The minimum atomic E-state index is -0.223. The van der Waals surface area contributed by atoms with Gasteiger partial charge < -0.3 is 24.3 Å². The van der Waals surface area contributed by atoms with E-state index in [0.717, 1.165) is 0 Å². The van der Waals surface area contributed by atoms with Crippen molar-refractivity contribution >= 4 is 11.6 Å². The zero-order valence-electron chi connectivity index (χ0n) is 13.5. The van der Waals surface area contributed by atoms with Crippen LogP contribution in [-0.2, 0) is 0 Å². The molecule has 3 aromatic carbocycles. The van der Waals surface area contributed by atoms with Gasteiger partial charge in [-0.15, -0.1) is 0 Å². The summed E-state index contributed by atoms with van der Waals surface area (Å²) in [5, 5.41) is 2.84. The Kier molecular flexibility index (Phi) is 3.21. The van der Waals surface area contributed by atoms with Gasteiger partial charge in [-0.1, -0.05) is 12.1 Å². The molecule has 0 saturated carbocycles. The number of amides is 1. The van der Waals surface area contributed by atoms with Crippen LogP contribution >= 0.6 is 0 Å². The second-order valence-electron chi connectivity index (χ2n) is 5.83. The number of carbonyl (C=O) groups is 1. The van der Waals surface area contributed by atoms with Gasteiger partial charge in [-0.2, -0.15) is 0 Å². The zero-order valence-corrected chi connectivity index (χ0v) is 13.5. The molecule has 128 valence electrons. The highest BCUT2D eigenvalue weighted by atomic mass is 16.7. The van der Waals surface area contributed by atoms with Gasteiger partial charge in [0, 0.05) is 12.1 Å². The number of hydrogen-bond donors (Lipinski definition) is 1. The molecule has 26 heavy (non-hydrogen) atoms. The number of para-hydroxylation sites is 2.